The van der Waals surface area contributed by atoms with E-state index in [-0.39, 0.29) is 6.04 Å². The molecule has 100 valence electrons. The molecule has 1 N–H and O–H groups in total. The van der Waals surface area contributed by atoms with Gasteiger partial charge in [-0.3, -0.25) is 0 Å². The minimum absolute atomic E-state index is 0.226. The minimum Gasteiger partial charge on any atom is -0.478 e. The van der Waals surface area contributed by atoms with Crippen molar-refractivity contribution in [3.63, 3.8) is 0 Å². The van der Waals surface area contributed by atoms with Crippen LogP contribution < -0.4 is 4.90 Å². The molecular weight excluding hydrogens is 250 g/mol. The number of carbonyl (C=O) groups is 1. The summed E-state index contributed by atoms with van der Waals surface area (Å²) in [6.45, 7) is 9.13. The first-order chi connectivity index (χ1) is 8.32. The standard InChI is InChI=1S/C14H20ClNO2/c1-9(2)8-16(10(3)4)13-7-11(15)5-6-12(13)14(17)18/h5-7,9-10H,8H2,1-4H3,(H,17,18). The molecule has 0 bridgehead atoms. The topological polar surface area (TPSA) is 40.5 Å². The predicted octanol–water partition coefficient (Wildman–Crippen LogP) is 3.91. The van der Waals surface area contributed by atoms with Gasteiger partial charge in [-0.1, -0.05) is 25.4 Å². The van der Waals surface area contributed by atoms with E-state index in [1.807, 2.05) is 0 Å². The lowest BCUT2D eigenvalue weighted by Crippen LogP contribution is -2.35. The van der Waals surface area contributed by atoms with E-state index in [0.29, 0.717) is 22.2 Å². The third-order valence-corrected chi connectivity index (χ3v) is 2.92. The third kappa shape index (κ3) is 3.64. The summed E-state index contributed by atoms with van der Waals surface area (Å²) >= 11 is 5.99. The molecule has 3 nitrogen and oxygen atoms in total. The van der Waals surface area contributed by atoms with Crippen LogP contribution >= 0.6 is 11.6 Å². The van der Waals surface area contributed by atoms with Crippen molar-refractivity contribution in [2.75, 3.05) is 11.4 Å². The van der Waals surface area contributed by atoms with E-state index in [2.05, 4.69) is 32.6 Å². The summed E-state index contributed by atoms with van der Waals surface area (Å²) in [4.78, 5) is 13.4. The second-order valence-electron chi connectivity index (χ2n) is 5.11. The summed E-state index contributed by atoms with van der Waals surface area (Å²) in [5, 5.41) is 9.81. The molecule has 0 aliphatic rings. The van der Waals surface area contributed by atoms with Crippen LogP contribution in [0, 0.1) is 5.92 Å². The molecule has 0 saturated heterocycles. The highest BCUT2D eigenvalue weighted by molar-refractivity contribution is 6.31. The number of anilines is 1. The summed E-state index contributed by atoms with van der Waals surface area (Å²) in [6.07, 6.45) is 0. The van der Waals surface area contributed by atoms with E-state index in [4.69, 9.17) is 11.6 Å². The number of hydrogen-bond donors (Lipinski definition) is 1. The Morgan fingerprint density at radius 2 is 1.94 bits per heavy atom. The highest BCUT2D eigenvalue weighted by atomic mass is 35.5. The van der Waals surface area contributed by atoms with E-state index in [9.17, 15) is 9.90 Å². The van der Waals surface area contributed by atoms with Crippen molar-refractivity contribution >= 4 is 23.3 Å². The van der Waals surface area contributed by atoms with Gasteiger partial charge in [-0.05, 0) is 38.0 Å². The monoisotopic (exact) mass is 269 g/mol. The molecule has 0 atom stereocenters. The molecule has 0 fully saturated rings. The maximum Gasteiger partial charge on any atom is 0.337 e. The number of carboxylic acids is 1. The van der Waals surface area contributed by atoms with Crippen LogP contribution in [-0.2, 0) is 0 Å². The van der Waals surface area contributed by atoms with E-state index >= 15 is 0 Å². The molecule has 4 heteroatoms. The van der Waals surface area contributed by atoms with Crippen LogP contribution in [0.5, 0.6) is 0 Å². The summed E-state index contributed by atoms with van der Waals surface area (Å²) < 4.78 is 0. The molecule has 0 heterocycles. The Labute approximate surface area is 113 Å². The average Bonchev–Trinajstić information content (AvgIpc) is 2.24. The molecule has 1 aromatic rings. The van der Waals surface area contributed by atoms with Crippen LogP contribution in [-0.4, -0.2) is 23.7 Å². The number of carboxylic acid groups (broad SMARTS) is 1. The molecule has 0 unspecified atom stereocenters. The van der Waals surface area contributed by atoms with E-state index in [1.54, 1.807) is 18.2 Å². The van der Waals surface area contributed by atoms with Crippen LogP contribution in [0.4, 0.5) is 5.69 Å². The lowest BCUT2D eigenvalue weighted by molar-refractivity contribution is 0.0697. The molecule has 0 saturated carbocycles. The third-order valence-electron chi connectivity index (χ3n) is 2.68. The van der Waals surface area contributed by atoms with Crippen LogP contribution in [0.2, 0.25) is 5.02 Å². The zero-order valence-electron chi connectivity index (χ0n) is 11.3. The lowest BCUT2D eigenvalue weighted by Gasteiger charge is -2.32. The summed E-state index contributed by atoms with van der Waals surface area (Å²) in [5.41, 5.74) is 0.993. The molecule has 0 radical (unpaired) electrons. The number of hydrogen-bond acceptors (Lipinski definition) is 2. The largest absolute Gasteiger partial charge is 0.478 e. The molecular formula is C14H20ClNO2. The highest BCUT2D eigenvalue weighted by Gasteiger charge is 2.19. The molecule has 1 rings (SSSR count). The normalized spacial score (nSPS) is 11.1. The molecule has 1 aromatic carbocycles. The first kappa shape index (κ1) is 14.8. The first-order valence-electron chi connectivity index (χ1n) is 6.12. The molecule has 18 heavy (non-hydrogen) atoms. The summed E-state index contributed by atoms with van der Waals surface area (Å²) in [6, 6.07) is 5.13. The lowest BCUT2D eigenvalue weighted by atomic mass is 10.1. The smallest absolute Gasteiger partial charge is 0.337 e. The minimum atomic E-state index is -0.920. The number of benzene rings is 1. The molecule has 0 aromatic heterocycles. The Morgan fingerprint density at radius 1 is 1.33 bits per heavy atom. The van der Waals surface area contributed by atoms with Gasteiger partial charge in [-0.25, -0.2) is 4.79 Å². The van der Waals surface area contributed by atoms with E-state index in [0.717, 1.165) is 6.54 Å². The van der Waals surface area contributed by atoms with Crippen LogP contribution in [0.1, 0.15) is 38.1 Å². The number of aromatic carboxylic acids is 1. The summed E-state index contributed by atoms with van der Waals surface area (Å²) in [7, 11) is 0. The maximum absolute atomic E-state index is 11.3. The Bertz CT molecular complexity index is 430. The van der Waals surface area contributed by atoms with Gasteiger partial charge in [-0.2, -0.15) is 0 Å². The number of halogens is 1. The van der Waals surface area contributed by atoms with E-state index in [1.165, 1.54) is 0 Å². The SMILES string of the molecule is CC(C)CN(c1cc(Cl)ccc1C(=O)O)C(C)C. The maximum atomic E-state index is 11.3. The van der Waals surface area contributed by atoms with Gasteiger partial charge in [0.1, 0.15) is 0 Å². The van der Waals surface area contributed by atoms with Gasteiger partial charge < -0.3 is 10.0 Å². The van der Waals surface area contributed by atoms with Gasteiger partial charge in [0.15, 0.2) is 0 Å². The van der Waals surface area contributed by atoms with Crippen LogP contribution in [0.15, 0.2) is 18.2 Å². The number of rotatable bonds is 5. The molecule has 0 spiro atoms. The Morgan fingerprint density at radius 3 is 2.39 bits per heavy atom. The molecule has 0 aliphatic carbocycles. The average molecular weight is 270 g/mol. The quantitative estimate of drug-likeness (QED) is 0.881. The van der Waals surface area contributed by atoms with Crippen molar-refractivity contribution in [3.8, 4) is 0 Å². The second-order valence-corrected chi connectivity index (χ2v) is 5.54. The zero-order valence-corrected chi connectivity index (χ0v) is 12.0. The van der Waals surface area contributed by atoms with Crippen molar-refractivity contribution in [3.05, 3.63) is 28.8 Å². The fraction of sp³-hybridized carbons (Fsp3) is 0.500. The van der Waals surface area contributed by atoms with Crippen molar-refractivity contribution in [1.29, 1.82) is 0 Å². The van der Waals surface area contributed by atoms with Gasteiger partial charge in [0, 0.05) is 17.6 Å². The fourth-order valence-corrected chi connectivity index (χ4v) is 2.07. The van der Waals surface area contributed by atoms with Gasteiger partial charge in [-0.15, -0.1) is 0 Å². The van der Waals surface area contributed by atoms with Gasteiger partial charge in [0.2, 0.25) is 0 Å². The second kappa shape index (κ2) is 6.10. The van der Waals surface area contributed by atoms with Gasteiger partial charge in [0.05, 0.1) is 11.3 Å². The highest BCUT2D eigenvalue weighted by Crippen LogP contribution is 2.27. The first-order valence-corrected chi connectivity index (χ1v) is 6.50. The van der Waals surface area contributed by atoms with Gasteiger partial charge in [0.25, 0.3) is 0 Å². The summed E-state index contributed by atoms with van der Waals surface area (Å²) in [5.74, 6) is -0.468. The van der Waals surface area contributed by atoms with Crippen LogP contribution in [0.25, 0.3) is 0 Å². The van der Waals surface area contributed by atoms with E-state index < -0.39 is 5.97 Å². The fourth-order valence-electron chi connectivity index (χ4n) is 1.90. The Hall–Kier alpha value is -1.22. The van der Waals surface area contributed by atoms with Gasteiger partial charge >= 0.3 is 5.97 Å². The number of nitrogens with zero attached hydrogens (tertiary/aromatic N) is 1. The Kier molecular flexibility index (Phi) is 5.03. The van der Waals surface area contributed by atoms with Crippen molar-refractivity contribution in [2.24, 2.45) is 5.92 Å². The van der Waals surface area contributed by atoms with Crippen molar-refractivity contribution in [1.82, 2.24) is 0 Å². The van der Waals surface area contributed by atoms with Crippen LogP contribution in [0.3, 0.4) is 0 Å². The van der Waals surface area contributed by atoms with Crippen molar-refractivity contribution < 1.29 is 9.90 Å². The Balaban J connectivity index is 3.25. The predicted molar refractivity (Wildman–Crippen MR) is 75.7 cm³/mol. The molecule has 0 amide bonds. The molecule has 0 aliphatic heterocycles. The zero-order chi connectivity index (χ0) is 13.9. The van der Waals surface area contributed by atoms with Crippen molar-refractivity contribution in [2.45, 2.75) is 33.7 Å².